The van der Waals surface area contributed by atoms with Crippen LogP contribution in [0.3, 0.4) is 0 Å². The molecule has 30 heavy (non-hydrogen) atoms. The summed E-state index contributed by atoms with van der Waals surface area (Å²) in [5, 5.41) is 4.15. The molecule has 2 N–H and O–H groups in total. The summed E-state index contributed by atoms with van der Waals surface area (Å²) in [7, 11) is 0. The third kappa shape index (κ3) is 4.28. The lowest BCUT2D eigenvalue weighted by Crippen LogP contribution is -2.33. The van der Waals surface area contributed by atoms with Gasteiger partial charge in [-0.25, -0.2) is 9.97 Å². The Morgan fingerprint density at radius 1 is 1.07 bits per heavy atom. The topological polar surface area (TPSA) is 70.7 Å². The molecule has 0 saturated carbocycles. The zero-order valence-electron chi connectivity index (χ0n) is 17.7. The molecule has 0 aliphatic rings. The number of aryl methyl sites for hydroxylation is 2. The van der Waals surface area contributed by atoms with Crippen molar-refractivity contribution in [1.82, 2.24) is 20.3 Å². The van der Waals surface area contributed by atoms with E-state index in [4.69, 9.17) is 4.98 Å². The van der Waals surface area contributed by atoms with Crippen LogP contribution in [0.5, 0.6) is 0 Å². The smallest absolute Gasteiger partial charge is 0.225 e. The first-order valence-corrected chi connectivity index (χ1v) is 11.0. The summed E-state index contributed by atoms with van der Waals surface area (Å²) in [5.74, 6) is 0.972. The second kappa shape index (κ2) is 8.40. The van der Waals surface area contributed by atoms with Gasteiger partial charge in [0.25, 0.3) is 0 Å². The van der Waals surface area contributed by atoms with Gasteiger partial charge in [-0.1, -0.05) is 55.8 Å². The van der Waals surface area contributed by atoms with Gasteiger partial charge in [0.15, 0.2) is 0 Å². The van der Waals surface area contributed by atoms with Gasteiger partial charge in [-0.05, 0) is 31.9 Å². The molecule has 0 fully saturated rings. The van der Waals surface area contributed by atoms with Gasteiger partial charge in [0.2, 0.25) is 5.91 Å². The minimum Gasteiger partial charge on any atom is -0.346 e. The Morgan fingerprint density at radius 3 is 2.50 bits per heavy atom. The lowest BCUT2D eigenvalue weighted by molar-refractivity contribution is -0.121. The number of benzene rings is 2. The van der Waals surface area contributed by atoms with Crippen LogP contribution in [0.4, 0.5) is 0 Å². The molecule has 0 bridgehead atoms. The van der Waals surface area contributed by atoms with E-state index in [2.05, 4.69) is 60.3 Å². The minimum absolute atomic E-state index is 0.0221. The number of fused-ring (bicyclic) bond motifs is 1. The summed E-state index contributed by atoms with van der Waals surface area (Å²) in [6.45, 7) is 8.23. The number of imidazole rings is 1. The molecule has 0 aliphatic heterocycles. The number of hydrogen-bond donors (Lipinski definition) is 2. The highest BCUT2D eigenvalue weighted by atomic mass is 32.1. The Balaban J connectivity index is 1.55. The summed E-state index contributed by atoms with van der Waals surface area (Å²) in [5.41, 5.74) is 5.04. The van der Waals surface area contributed by atoms with E-state index < -0.39 is 0 Å². The van der Waals surface area contributed by atoms with E-state index in [0.29, 0.717) is 6.42 Å². The van der Waals surface area contributed by atoms with Crippen molar-refractivity contribution in [3.05, 3.63) is 69.8 Å². The SMILES string of the molecule is Cc1ccc(-c2nc(C)sc2CC(=O)NC(c2nc3ccccc3[nH]2)C(C)C)cc1. The zero-order chi connectivity index (χ0) is 21.3. The van der Waals surface area contributed by atoms with Crippen LogP contribution in [0.1, 0.15) is 41.2 Å². The van der Waals surface area contributed by atoms with E-state index in [1.165, 1.54) is 5.56 Å². The average molecular weight is 419 g/mol. The molecular formula is C24H26N4OS. The fraction of sp³-hybridized carbons (Fsp3) is 0.292. The van der Waals surface area contributed by atoms with Crippen molar-refractivity contribution in [3.63, 3.8) is 0 Å². The van der Waals surface area contributed by atoms with E-state index in [-0.39, 0.29) is 17.9 Å². The number of rotatable bonds is 6. The second-order valence-electron chi connectivity index (χ2n) is 7.98. The molecule has 1 amide bonds. The van der Waals surface area contributed by atoms with Crippen LogP contribution in [-0.4, -0.2) is 20.9 Å². The van der Waals surface area contributed by atoms with Crippen LogP contribution in [0, 0.1) is 19.8 Å². The summed E-state index contributed by atoms with van der Waals surface area (Å²) >= 11 is 1.58. The number of aromatic amines is 1. The normalized spacial score (nSPS) is 12.4. The molecule has 2 aromatic heterocycles. The number of amides is 1. The Bertz CT molecular complexity index is 1140. The number of para-hydroxylation sites is 2. The number of hydrogen-bond acceptors (Lipinski definition) is 4. The van der Waals surface area contributed by atoms with Gasteiger partial charge in [-0.2, -0.15) is 0 Å². The van der Waals surface area contributed by atoms with Crippen LogP contribution >= 0.6 is 11.3 Å². The highest BCUT2D eigenvalue weighted by Crippen LogP contribution is 2.29. The number of aromatic nitrogens is 3. The zero-order valence-corrected chi connectivity index (χ0v) is 18.5. The van der Waals surface area contributed by atoms with Gasteiger partial charge in [0.05, 0.1) is 34.2 Å². The molecule has 2 heterocycles. The average Bonchev–Trinajstić information content (AvgIpc) is 3.29. The van der Waals surface area contributed by atoms with Crippen LogP contribution in [-0.2, 0) is 11.2 Å². The lowest BCUT2D eigenvalue weighted by atomic mass is 10.0. The fourth-order valence-electron chi connectivity index (χ4n) is 3.57. The molecule has 0 spiro atoms. The monoisotopic (exact) mass is 418 g/mol. The van der Waals surface area contributed by atoms with Gasteiger partial charge < -0.3 is 10.3 Å². The molecule has 0 radical (unpaired) electrons. The molecule has 1 atom stereocenters. The fourth-order valence-corrected chi connectivity index (χ4v) is 4.52. The van der Waals surface area contributed by atoms with Crippen molar-refractivity contribution >= 4 is 28.3 Å². The number of H-pyrrole nitrogens is 1. The molecule has 5 nitrogen and oxygen atoms in total. The molecule has 6 heteroatoms. The van der Waals surface area contributed by atoms with Crippen molar-refractivity contribution < 1.29 is 4.79 Å². The van der Waals surface area contributed by atoms with E-state index in [9.17, 15) is 4.79 Å². The third-order valence-electron chi connectivity index (χ3n) is 5.14. The number of carbonyl (C=O) groups excluding carboxylic acids is 1. The van der Waals surface area contributed by atoms with E-state index in [0.717, 1.165) is 38.0 Å². The molecular weight excluding hydrogens is 392 g/mol. The highest BCUT2D eigenvalue weighted by molar-refractivity contribution is 7.12. The van der Waals surface area contributed by atoms with Gasteiger partial charge in [0.1, 0.15) is 5.82 Å². The third-order valence-corrected chi connectivity index (χ3v) is 6.11. The van der Waals surface area contributed by atoms with Crippen molar-refractivity contribution in [3.8, 4) is 11.3 Å². The molecule has 154 valence electrons. The maximum Gasteiger partial charge on any atom is 0.225 e. The Morgan fingerprint density at radius 2 is 1.80 bits per heavy atom. The van der Waals surface area contributed by atoms with Crippen LogP contribution < -0.4 is 5.32 Å². The van der Waals surface area contributed by atoms with Crippen LogP contribution in [0.15, 0.2) is 48.5 Å². The Hall–Kier alpha value is -2.99. The minimum atomic E-state index is -0.179. The predicted molar refractivity (Wildman–Crippen MR) is 123 cm³/mol. The molecule has 4 rings (SSSR count). The Labute approximate surface area is 180 Å². The second-order valence-corrected chi connectivity index (χ2v) is 9.26. The van der Waals surface area contributed by atoms with Crippen molar-refractivity contribution in [2.45, 2.75) is 40.2 Å². The standard InChI is InChI=1S/C24H26N4OS/c1-14(2)22(24-26-18-7-5-6-8-19(18)27-24)28-21(29)13-20-23(25-16(4)30-20)17-11-9-15(3)10-12-17/h5-12,14,22H,13H2,1-4H3,(H,26,27)(H,28,29). The molecule has 1 unspecified atom stereocenters. The van der Waals surface area contributed by atoms with E-state index >= 15 is 0 Å². The first-order chi connectivity index (χ1) is 14.4. The maximum absolute atomic E-state index is 13.0. The van der Waals surface area contributed by atoms with Crippen molar-refractivity contribution in [1.29, 1.82) is 0 Å². The first-order valence-electron chi connectivity index (χ1n) is 10.2. The Kier molecular flexibility index (Phi) is 5.68. The van der Waals surface area contributed by atoms with Gasteiger partial charge in [-0.15, -0.1) is 11.3 Å². The molecule has 0 aliphatic carbocycles. The summed E-state index contributed by atoms with van der Waals surface area (Å²) in [4.78, 5) is 26.7. The van der Waals surface area contributed by atoms with Crippen molar-refractivity contribution in [2.24, 2.45) is 5.92 Å². The van der Waals surface area contributed by atoms with Crippen molar-refractivity contribution in [2.75, 3.05) is 0 Å². The van der Waals surface area contributed by atoms with Gasteiger partial charge in [-0.3, -0.25) is 4.79 Å². The molecule has 2 aromatic carbocycles. The van der Waals surface area contributed by atoms with Gasteiger partial charge in [0, 0.05) is 10.4 Å². The van der Waals surface area contributed by atoms with Crippen LogP contribution in [0.2, 0.25) is 0 Å². The lowest BCUT2D eigenvalue weighted by Gasteiger charge is -2.20. The largest absolute Gasteiger partial charge is 0.346 e. The number of thiazole rings is 1. The first kappa shape index (κ1) is 20.3. The highest BCUT2D eigenvalue weighted by Gasteiger charge is 2.23. The van der Waals surface area contributed by atoms with Crippen LogP contribution in [0.25, 0.3) is 22.3 Å². The summed E-state index contributed by atoms with van der Waals surface area (Å²) < 4.78 is 0. The number of carbonyl (C=O) groups is 1. The maximum atomic E-state index is 13.0. The predicted octanol–water partition coefficient (Wildman–Crippen LogP) is 5.36. The molecule has 0 saturated heterocycles. The molecule has 4 aromatic rings. The summed E-state index contributed by atoms with van der Waals surface area (Å²) in [6.07, 6.45) is 0.304. The number of nitrogens with zero attached hydrogens (tertiary/aromatic N) is 2. The van der Waals surface area contributed by atoms with Gasteiger partial charge >= 0.3 is 0 Å². The summed E-state index contributed by atoms with van der Waals surface area (Å²) in [6, 6.07) is 16.0. The van der Waals surface area contributed by atoms with E-state index in [1.54, 1.807) is 11.3 Å². The quantitative estimate of drug-likeness (QED) is 0.443. The number of nitrogens with one attached hydrogen (secondary N) is 2. The van der Waals surface area contributed by atoms with E-state index in [1.807, 2.05) is 31.2 Å².